The Balaban J connectivity index is 2.40. The molecule has 2 N–H and O–H groups in total. The average Bonchev–Trinajstić information content (AvgIpc) is 2.45. The Bertz CT molecular complexity index is 668. The molecule has 0 saturated heterocycles. The quantitative estimate of drug-likeness (QED) is 0.894. The van der Waals surface area contributed by atoms with E-state index >= 15 is 0 Å². The molecule has 0 spiro atoms. The molecular formula is C15H14N2O4. The molecule has 1 amide bonds. The highest BCUT2D eigenvalue weighted by atomic mass is 16.4. The maximum Gasteiger partial charge on any atom is 0.323 e. The number of rotatable bonds is 4. The summed E-state index contributed by atoms with van der Waals surface area (Å²) in [5, 5.41) is 18.3. The maximum absolute atomic E-state index is 12.5. The van der Waals surface area contributed by atoms with Crippen molar-refractivity contribution in [1.29, 1.82) is 0 Å². The predicted molar refractivity (Wildman–Crippen MR) is 76.4 cm³/mol. The van der Waals surface area contributed by atoms with Crippen LogP contribution in [0, 0.1) is 6.92 Å². The Labute approximate surface area is 121 Å². The van der Waals surface area contributed by atoms with Gasteiger partial charge in [-0.05, 0) is 42.8 Å². The van der Waals surface area contributed by atoms with Crippen LogP contribution in [0.3, 0.4) is 0 Å². The molecule has 1 heterocycles. The highest BCUT2D eigenvalue weighted by molar-refractivity contribution is 6.07. The molecule has 1 aromatic carbocycles. The summed E-state index contributed by atoms with van der Waals surface area (Å²) in [7, 11) is 0. The van der Waals surface area contributed by atoms with Crippen LogP contribution in [0.4, 0.5) is 5.69 Å². The van der Waals surface area contributed by atoms with Crippen LogP contribution >= 0.6 is 0 Å². The van der Waals surface area contributed by atoms with Crippen molar-refractivity contribution in [3.63, 3.8) is 0 Å². The van der Waals surface area contributed by atoms with Crippen LogP contribution in [0.25, 0.3) is 0 Å². The van der Waals surface area contributed by atoms with Gasteiger partial charge in [0.25, 0.3) is 5.91 Å². The van der Waals surface area contributed by atoms with Crippen LogP contribution in [0.15, 0.2) is 42.6 Å². The third-order valence-corrected chi connectivity index (χ3v) is 2.91. The van der Waals surface area contributed by atoms with E-state index in [-0.39, 0.29) is 11.4 Å². The number of phenolic OH excluding ortho intramolecular Hbond substituents is 1. The van der Waals surface area contributed by atoms with E-state index < -0.39 is 18.4 Å². The number of amides is 1. The SMILES string of the molecule is Cc1cccnc1C(=O)N(CC(=O)O)c1ccc(O)cc1. The minimum Gasteiger partial charge on any atom is -0.508 e. The molecule has 0 atom stereocenters. The second-order valence-electron chi connectivity index (χ2n) is 4.47. The van der Waals surface area contributed by atoms with Gasteiger partial charge in [-0.25, -0.2) is 0 Å². The van der Waals surface area contributed by atoms with Crippen LogP contribution in [-0.4, -0.2) is 33.6 Å². The number of aliphatic carboxylic acids is 1. The molecule has 0 radical (unpaired) electrons. The summed E-state index contributed by atoms with van der Waals surface area (Å²) in [5.41, 5.74) is 1.24. The van der Waals surface area contributed by atoms with Crippen molar-refractivity contribution in [3.8, 4) is 5.75 Å². The molecular weight excluding hydrogens is 272 g/mol. The van der Waals surface area contributed by atoms with E-state index in [1.165, 1.54) is 30.5 Å². The molecule has 2 aromatic rings. The van der Waals surface area contributed by atoms with Gasteiger partial charge in [-0.2, -0.15) is 0 Å². The van der Waals surface area contributed by atoms with E-state index in [4.69, 9.17) is 5.11 Å². The summed E-state index contributed by atoms with van der Waals surface area (Å²) in [6.07, 6.45) is 1.48. The number of phenols is 1. The summed E-state index contributed by atoms with van der Waals surface area (Å²) in [6.45, 7) is 1.25. The normalized spacial score (nSPS) is 10.1. The Hall–Kier alpha value is -2.89. The number of nitrogens with zero attached hydrogens (tertiary/aromatic N) is 2. The summed E-state index contributed by atoms with van der Waals surface area (Å²) in [5.74, 6) is -1.60. The number of carbonyl (C=O) groups excluding carboxylic acids is 1. The minimum atomic E-state index is -1.13. The smallest absolute Gasteiger partial charge is 0.323 e. The second-order valence-corrected chi connectivity index (χ2v) is 4.47. The second kappa shape index (κ2) is 6.04. The van der Waals surface area contributed by atoms with Gasteiger partial charge in [-0.3, -0.25) is 19.5 Å². The fraction of sp³-hybridized carbons (Fsp3) is 0.133. The number of aromatic hydroxyl groups is 1. The molecule has 6 nitrogen and oxygen atoms in total. The summed E-state index contributed by atoms with van der Waals surface area (Å²) in [4.78, 5) is 28.7. The average molecular weight is 286 g/mol. The van der Waals surface area contributed by atoms with Crippen molar-refractivity contribution in [2.24, 2.45) is 0 Å². The van der Waals surface area contributed by atoms with Crippen molar-refractivity contribution in [2.75, 3.05) is 11.4 Å². The van der Waals surface area contributed by atoms with Gasteiger partial charge < -0.3 is 10.2 Å². The molecule has 6 heteroatoms. The van der Waals surface area contributed by atoms with Gasteiger partial charge in [0.05, 0.1) is 0 Å². The van der Waals surface area contributed by atoms with Gasteiger partial charge in [-0.1, -0.05) is 6.07 Å². The van der Waals surface area contributed by atoms with E-state index in [1.807, 2.05) is 0 Å². The van der Waals surface area contributed by atoms with Crippen molar-refractivity contribution in [2.45, 2.75) is 6.92 Å². The molecule has 0 fully saturated rings. The molecule has 0 bridgehead atoms. The third-order valence-electron chi connectivity index (χ3n) is 2.91. The van der Waals surface area contributed by atoms with E-state index in [1.54, 1.807) is 19.1 Å². The lowest BCUT2D eigenvalue weighted by molar-refractivity contribution is -0.135. The molecule has 21 heavy (non-hydrogen) atoms. The Morgan fingerprint density at radius 2 is 1.86 bits per heavy atom. The Kier molecular flexibility index (Phi) is 4.18. The monoisotopic (exact) mass is 286 g/mol. The van der Waals surface area contributed by atoms with E-state index in [9.17, 15) is 14.7 Å². The van der Waals surface area contributed by atoms with E-state index in [0.29, 0.717) is 11.3 Å². The number of carboxylic acids is 1. The van der Waals surface area contributed by atoms with E-state index in [2.05, 4.69) is 4.98 Å². The zero-order chi connectivity index (χ0) is 15.4. The minimum absolute atomic E-state index is 0.0375. The maximum atomic E-state index is 12.5. The number of benzene rings is 1. The van der Waals surface area contributed by atoms with Gasteiger partial charge in [0.2, 0.25) is 0 Å². The molecule has 0 aliphatic rings. The molecule has 0 aliphatic carbocycles. The van der Waals surface area contributed by atoms with Crippen LogP contribution in [0.2, 0.25) is 0 Å². The number of hydrogen-bond acceptors (Lipinski definition) is 4. The Morgan fingerprint density at radius 3 is 2.43 bits per heavy atom. The fourth-order valence-corrected chi connectivity index (χ4v) is 1.89. The lowest BCUT2D eigenvalue weighted by Gasteiger charge is -2.21. The number of pyridine rings is 1. The fourth-order valence-electron chi connectivity index (χ4n) is 1.89. The number of hydrogen-bond donors (Lipinski definition) is 2. The lowest BCUT2D eigenvalue weighted by atomic mass is 10.2. The first-order valence-electron chi connectivity index (χ1n) is 6.23. The first kappa shape index (κ1) is 14.5. The zero-order valence-electron chi connectivity index (χ0n) is 11.4. The Morgan fingerprint density at radius 1 is 1.19 bits per heavy atom. The van der Waals surface area contributed by atoms with Crippen LogP contribution < -0.4 is 4.90 Å². The lowest BCUT2D eigenvalue weighted by Crippen LogP contribution is -2.36. The summed E-state index contributed by atoms with van der Waals surface area (Å²) >= 11 is 0. The van der Waals surface area contributed by atoms with Crippen LogP contribution in [0.1, 0.15) is 16.1 Å². The van der Waals surface area contributed by atoms with Gasteiger partial charge in [-0.15, -0.1) is 0 Å². The largest absolute Gasteiger partial charge is 0.508 e. The van der Waals surface area contributed by atoms with Crippen molar-refractivity contribution >= 4 is 17.6 Å². The molecule has 0 aliphatic heterocycles. The number of aromatic nitrogens is 1. The van der Waals surface area contributed by atoms with Crippen LogP contribution in [-0.2, 0) is 4.79 Å². The van der Waals surface area contributed by atoms with Gasteiger partial charge in [0.1, 0.15) is 18.0 Å². The standard InChI is InChI=1S/C15H14N2O4/c1-10-3-2-8-16-14(10)15(21)17(9-13(19)20)11-4-6-12(18)7-5-11/h2-8,18H,9H2,1H3,(H,19,20). The zero-order valence-corrected chi connectivity index (χ0v) is 11.4. The van der Waals surface area contributed by atoms with Gasteiger partial charge in [0.15, 0.2) is 0 Å². The third kappa shape index (κ3) is 3.36. The highest BCUT2D eigenvalue weighted by Gasteiger charge is 2.22. The topological polar surface area (TPSA) is 90.7 Å². The van der Waals surface area contributed by atoms with Crippen LogP contribution in [0.5, 0.6) is 5.75 Å². The van der Waals surface area contributed by atoms with Crippen molar-refractivity contribution < 1.29 is 19.8 Å². The van der Waals surface area contributed by atoms with E-state index in [0.717, 1.165) is 4.90 Å². The summed E-state index contributed by atoms with van der Waals surface area (Å²) in [6, 6.07) is 9.18. The first-order chi connectivity index (χ1) is 9.99. The van der Waals surface area contributed by atoms with Crippen molar-refractivity contribution in [3.05, 3.63) is 53.9 Å². The first-order valence-corrected chi connectivity index (χ1v) is 6.23. The molecule has 1 aromatic heterocycles. The van der Waals surface area contributed by atoms with Crippen molar-refractivity contribution in [1.82, 2.24) is 4.98 Å². The van der Waals surface area contributed by atoms with Gasteiger partial charge >= 0.3 is 5.97 Å². The molecule has 0 unspecified atom stereocenters. The number of anilines is 1. The number of carboxylic acid groups (broad SMARTS) is 1. The number of carbonyl (C=O) groups is 2. The molecule has 108 valence electrons. The number of aryl methyl sites for hydroxylation is 1. The predicted octanol–water partition coefficient (Wildman–Crippen LogP) is 1.83. The molecule has 0 saturated carbocycles. The molecule has 2 rings (SSSR count). The summed E-state index contributed by atoms with van der Waals surface area (Å²) < 4.78 is 0. The highest BCUT2D eigenvalue weighted by Crippen LogP contribution is 2.20. The van der Waals surface area contributed by atoms with Gasteiger partial charge in [0, 0.05) is 11.9 Å².